The molecule has 2 rings (SSSR count). The summed E-state index contributed by atoms with van der Waals surface area (Å²) in [6.07, 6.45) is 5.83. The molecule has 4 heteroatoms. The molecule has 0 saturated carbocycles. The summed E-state index contributed by atoms with van der Waals surface area (Å²) >= 11 is 0. The maximum atomic E-state index is 5.85. The first-order valence-corrected chi connectivity index (χ1v) is 6.80. The summed E-state index contributed by atoms with van der Waals surface area (Å²) in [6.45, 7) is 6.61. The van der Waals surface area contributed by atoms with E-state index in [2.05, 4.69) is 9.88 Å². The van der Waals surface area contributed by atoms with Gasteiger partial charge in [0.15, 0.2) is 0 Å². The van der Waals surface area contributed by atoms with Crippen molar-refractivity contribution in [3.05, 3.63) is 23.5 Å². The number of aromatic nitrogens is 1. The first-order valence-electron chi connectivity index (χ1n) is 6.80. The van der Waals surface area contributed by atoms with E-state index in [0.29, 0.717) is 6.54 Å². The summed E-state index contributed by atoms with van der Waals surface area (Å²) in [5, 5.41) is 0. The fourth-order valence-corrected chi connectivity index (χ4v) is 2.32. The quantitative estimate of drug-likeness (QED) is 0.863. The molecule has 1 aromatic heterocycles. The van der Waals surface area contributed by atoms with Gasteiger partial charge >= 0.3 is 0 Å². The molecular formula is C14H23N3O. The Bertz CT molecular complexity index is 375. The molecule has 0 unspecified atom stereocenters. The summed E-state index contributed by atoms with van der Waals surface area (Å²) < 4.78 is 5.85. The number of pyridine rings is 1. The summed E-state index contributed by atoms with van der Waals surface area (Å²) in [5.74, 6) is 0.891. The van der Waals surface area contributed by atoms with E-state index in [1.807, 2.05) is 19.2 Å². The Hall–Kier alpha value is -1.13. The molecule has 18 heavy (non-hydrogen) atoms. The van der Waals surface area contributed by atoms with Crippen LogP contribution >= 0.6 is 0 Å². The number of hydrogen-bond acceptors (Lipinski definition) is 4. The highest BCUT2D eigenvalue weighted by Gasteiger charge is 2.10. The third-order valence-corrected chi connectivity index (χ3v) is 3.41. The molecule has 0 amide bonds. The molecule has 0 atom stereocenters. The van der Waals surface area contributed by atoms with Gasteiger partial charge in [-0.3, -0.25) is 9.88 Å². The third-order valence-electron chi connectivity index (χ3n) is 3.41. The number of rotatable bonds is 5. The van der Waals surface area contributed by atoms with Gasteiger partial charge in [0.1, 0.15) is 12.4 Å². The van der Waals surface area contributed by atoms with Gasteiger partial charge in [-0.2, -0.15) is 0 Å². The highest BCUT2D eigenvalue weighted by molar-refractivity contribution is 5.32. The second-order valence-electron chi connectivity index (χ2n) is 4.89. The summed E-state index contributed by atoms with van der Waals surface area (Å²) in [4.78, 5) is 6.71. The van der Waals surface area contributed by atoms with Crippen molar-refractivity contribution in [2.45, 2.75) is 32.7 Å². The van der Waals surface area contributed by atoms with E-state index in [4.69, 9.17) is 10.5 Å². The predicted octanol–water partition coefficient (Wildman–Crippen LogP) is 1.71. The number of hydrogen-bond donors (Lipinski definition) is 1. The number of nitrogens with two attached hydrogens (primary N) is 1. The van der Waals surface area contributed by atoms with Crippen LogP contribution in [-0.4, -0.2) is 36.1 Å². The summed E-state index contributed by atoms with van der Waals surface area (Å²) in [7, 11) is 0. The molecule has 2 heterocycles. The largest absolute Gasteiger partial charge is 0.492 e. The minimum Gasteiger partial charge on any atom is -0.492 e. The van der Waals surface area contributed by atoms with Crippen molar-refractivity contribution < 1.29 is 4.74 Å². The molecule has 0 spiro atoms. The van der Waals surface area contributed by atoms with E-state index < -0.39 is 0 Å². The minimum atomic E-state index is 0.478. The van der Waals surface area contributed by atoms with Gasteiger partial charge in [0.05, 0.1) is 0 Å². The van der Waals surface area contributed by atoms with Crippen LogP contribution in [0, 0.1) is 6.92 Å². The van der Waals surface area contributed by atoms with Crippen LogP contribution in [-0.2, 0) is 6.54 Å². The highest BCUT2D eigenvalue weighted by atomic mass is 16.5. The van der Waals surface area contributed by atoms with E-state index in [0.717, 1.165) is 30.2 Å². The lowest BCUT2D eigenvalue weighted by molar-refractivity contribution is 0.182. The molecule has 1 aromatic rings. The first-order chi connectivity index (χ1) is 8.79. The van der Waals surface area contributed by atoms with E-state index >= 15 is 0 Å². The zero-order chi connectivity index (χ0) is 12.8. The van der Waals surface area contributed by atoms with Gasteiger partial charge < -0.3 is 10.5 Å². The van der Waals surface area contributed by atoms with Crippen LogP contribution in [0.25, 0.3) is 0 Å². The molecule has 1 aliphatic rings. The lowest BCUT2D eigenvalue weighted by atomic mass is 10.1. The van der Waals surface area contributed by atoms with E-state index in [1.165, 1.54) is 32.4 Å². The maximum Gasteiger partial charge on any atom is 0.127 e. The monoisotopic (exact) mass is 249 g/mol. The Balaban J connectivity index is 1.83. The van der Waals surface area contributed by atoms with Crippen molar-refractivity contribution in [1.29, 1.82) is 0 Å². The molecule has 0 bridgehead atoms. The van der Waals surface area contributed by atoms with Crippen molar-refractivity contribution in [2.75, 3.05) is 26.2 Å². The zero-order valence-electron chi connectivity index (χ0n) is 11.2. The Kier molecular flexibility index (Phi) is 4.96. The van der Waals surface area contributed by atoms with Crippen molar-refractivity contribution in [1.82, 2.24) is 9.88 Å². The van der Waals surface area contributed by atoms with Crippen LogP contribution in [0.3, 0.4) is 0 Å². The standard InChI is InChI=1S/C14H23N3O/c1-12-9-14(13(10-15)11-16-12)18-8-7-17-5-3-2-4-6-17/h9,11H,2-8,10,15H2,1H3. The van der Waals surface area contributed by atoms with Crippen LogP contribution in [0.2, 0.25) is 0 Å². The topological polar surface area (TPSA) is 51.4 Å². The normalized spacial score (nSPS) is 16.8. The Morgan fingerprint density at radius 3 is 2.83 bits per heavy atom. The third kappa shape index (κ3) is 3.68. The number of ether oxygens (including phenoxy) is 1. The Labute approximate surface area is 109 Å². The van der Waals surface area contributed by atoms with Gasteiger partial charge in [-0.15, -0.1) is 0 Å². The molecule has 1 fully saturated rings. The zero-order valence-corrected chi connectivity index (χ0v) is 11.2. The highest BCUT2D eigenvalue weighted by Crippen LogP contribution is 2.18. The Morgan fingerprint density at radius 1 is 1.33 bits per heavy atom. The summed E-state index contributed by atoms with van der Waals surface area (Å²) in [6, 6.07) is 1.97. The van der Waals surface area contributed by atoms with E-state index in [9.17, 15) is 0 Å². The Morgan fingerprint density at radius 2 is 2.11 bits per heavy atom. The van der Waals surface area contributed by atoms with Crippen LogP contribution < -0.4 is 10.5 Å². The molecule has 0 aromatic carbocycles. The molecule has 2 N–H and O–H groups in total. The number of likely N-dealkylation sites (tertiary alicyclic amines) is 1. The van der Waals surface area contributed by atoms with Crippen LogP contribution in [0.5, 0.6) is 5.75 Å². The van der Waals surface area contributed by atoms with Gasteiger partial charge in [-0.05, 0) is 32.9 Å². The van der Waals surface area contributed by atoms with Crippen LogP contribution in [0.4, 0.5) is 0 Å². The predicted molar refractivity (Wildman–Crippen MR) is 72.7 cm³/mol. The smallest absolute Gasteiger partial charge is 0.127 e. The van der Waals surface area contributed by atoms with Crippen LogP contribution in [0.15, 0.2) is 12.3 Å². The van der Waals surface area contributed by atoms with E-state index in [1.54, 1.807) is 0 Å². The average molecular weight is 249 g/mol. The van der Waals surface area contributed by atoms with E-state index in [-0.39, 0.29) is 0 Å². The molecule has 0 radical (unpaired) electrons. The molecule has 100 valence electrons. The fourth-order valence-electron chi connectivity index (χ4n) is 2.32. The van der Waals surface area contributed by atoms with Gasteiger partial charge in [-0.25, -0.2) is 0 Å². The molecule has 4 nitrogen and oxygen atoms in total. The maximum absolute atomic E-state index is 5.85. The average Bonchev–Trinajstić information content (AvgIpc) is 2.40. The number of piperidine rings is 1. The first kappa shape index (κ1) is 13.3. The number of nitrogens with zero attached hydrogens (tertiary/aromatic N) is 2. The van der Waals surface area contributed by atoms with Gasteiger partial charge in [-0.1, -0.05) is 6.42 Å². The molecule has 0 aliphatic carbocycles. The lowest BCUT2D eigenvalue weighted by Gasteiger charge is -2.26. The van der Waals surface area contributed by atoms with Crippen molar-refractivity contribution in [3.8, 4) is 5.75 Å². The molecule has 1 saturated heterocycles. The fraction of sp³-hybridized carbons (Fsp3) is 0.643. The van der Waals surface area contributed by atoms with Gasteiger partial charge in [0.2, 0.25) is 0 Å². The van der Waals surface area contributed by atoms with Crippen molar-refractivity contribution >= 4 is 0 Å². The second-order valence-corrected chi connectivity index (χ2v) is 4.89. The molecular weight excluding hydrogens is 226 g/mol. The SMILES string of the molecule is Cc1cc(OCCN2CCCCC2)c(CN)cn1. The lowest BCUT2D eigenvalue weighted by Crippen LogP contribution is -2.33. The summed E-state index contributed by atoms with van der Waals surface area (Å²) in [5.41, 5.74) is 7.64. The van der Waals surface area contributed by atoms with Crippen molar-refractivity contribution in [3.63, 3.8) is 0 Å². The van der Waals surface area contributed by atoms with Gasteiger partial charge in [0.25, 0.3) is 0 Å². The second kappa shape index (κ2) is 6.71. The minimum absolute atomic E-state index is 0.478. The number of aryl methyl sites for hydroxylation is 1. The van der Waals surface area contributed by atoms with Crippen molar-refractivity contribution in [2.24, 2.45) is 5.73 Å². The van der Waals surface area contributed by atoms with Gasteiger partial charge in [0, 0.05) is 36.6 Å². The van der Waals surface area contributed by atoms with Crippen LogP contribution in [0.1, 0.15) is 30.5 Å². The molecule has 1 aliphatic heterocycles.